The standard InChI is InChI=1S/C15H22F2N2O2/c1-11(2)18-9-3-4-14(20)19-10-12-5-7-13(8-6-12)21-15(16)17/h5-8,11,15,18H,3-4,9-10H2,1-2H3,(H,19,20). The molecule has 1 amide bonds. The number of hydrogen-bond acceptors (Lipinski definition) is 3. The third-order valence-corrected chi connectivity index (χ3v) is 2.77. The molecule has 0 aromatic heterocycles. The van der Waals surface area contributed by atoms with Crippen molar-refractivity contribution in [3.63, 3.8) is 0 Å². The summed E-state index contributed by atoms with van der Waals surface area (Å²) in [5.41, 5.74) is 0.838. The molecule has 6 heteroatoms. The molecular weight excluding hydrogens is 278 g/mol. The number of ether oxygens (including phenoxy) is 1. The highest BCUT2D eigenvalue weighted by molar-refractivity contribution is 5.75. The number of carbonyl (C=O) groups excluding carboxylic acids is 1. The van der Waals surface area contributed by atoms with E-state index in [0.717, 1.165) is 18.5 Å². The molecule has 21 heavy (non-hydrogen) atoms. The maximum atomic E-state index is 12.0. The summed E-state index contributed by atoms with van der Waals surface area (Å²) in [6, 6.07) is 6.64. The predicted molar refractivity (Wildman–Crippen MR) is 77.3 cm³/mol. The topological polar surface area (TPSA) is 50.4 Å². The average Bonchev–Trinajstić information content (AvgIpc) is 2.42. The van der Waals surface area contributed by atoms with Crippen molar-refractivity contribution in [2.75, 3.05) is 6.54 Å². The molecule has 0 atom stereocenters. The van der Waals surface area contributed by atoms with E-state index in [1.807, 2.05) is 0 Å². The van der Waals surface area contributed by atoms with Crippen LogP contribution in [-0.2, 0) is 11.3 Å². The fourth-order valence-corrected chi connectivity index (χ4v) is 1.72. The molecule has 118 valence electrons. The fourth-order valence-electron chi connectivity index (χ4n) is 1.72. The Balaban J connectivity index is 2.23. The van der Waals surface area contributed by atoms with Crippen LogP contribution in [-0.4, -0.2) is 25.1 Å². The molecule has 0 spiro atoms. The summed E-state index contributed by atoms with van der Waals surface area (Å²) in [5, 5.41) is 6.03. The van der Waals surface area contributed by atoms with E-state index in [0.29, 0.717) is 19.0 Å². The van der Waals surface area contributed by atoms with Gasteiger partial charge in [-0.25, -0.2) is 0 Å². The van der Waals surface area contributed by atoms with Crippen LogP contribution in [0.1, 0.15) is 32.3 Å². The van der Waals surface area contributed by atoms with Crippen molar-refractivity contribution in [1.82, 2.24) is 10.6 Å². The van der Waals surface area contributed by atoms with Crippen LogP contribution >= 0.6 is 0 Å². The van der Waals surface area contributed by atoms with Gasteiger partial charge in [-0.2, -0.15) is 8.78 Å². The van der Waals surface area contributed by atoms with Crippen LogP contribution in [0.5, 0.6) is 5.75 Å². The smallest absolute Gasteiger partial charge is 0.387 e. The number of benzene rings is 1. The molecule has 0 saturated carbocycles. The molecule has 0 unspecified atom stereocenters. The average molecular weight is 300 g/mol. The lowest BCUT2D eigenvalue weighted by molar-refractivity contribution is -0.121. The summed E-state index contributed by atoms with van der Waals surface area (Å²) in [6.07, 6.45) is 1.25. The van der Waals surface area contributed by atoms with Gasteiger partial charge >= 0.3 is 6.61 Å². The zero-order valence-corrected chi connectivity index (χ0v) is 12.4. The van der Waals surface area contributed by atoms with E-state index in [1.165, 1.54) is 12.1 Å². The fraction of sp³-hybridized carbons (Fsp3) is 0.533. The minimum atomic E-state index is -2.82. The predicted octanol–water partition coefficient (Wildman–Crippen LogP) is 2.68. The summed E-state index contributed by atoms with van der Waals surface area (Å²) in [5.74, 6) is 0.0910. The molecule has 0 aliphatic heterocycles. The van der Waals surface area contributed by atoms with E-state index < -0.39 is 6.61 Å². The molecule has 2 N–H and O–H groups in total. The van der Waals surface area contributed by atoms with Gasteiger partial charge in [0.2, 0.25) is 5.91 Å². The molecule has 1 aromatic rings. The van der Waals surface area contributed by atoms with Crippen molar-refractivity contribution < 1.29 is 18.3 Å². The molecule has 0 bridgehead atoms. The monoisotopic (exact) mass is 300 g/mol. The highest BCUT2D eigenvalue weighted by Crippen LogP contribution is 2.14. The molecule has 0 radical (unpaired) electrons. The van der Waals surface area contributed by atoms with Gasteiger partial charge in [0.25, 0.3) is 0 Å². The highest BCUT2D eigenvalue weighted by atomic mass is 19.3. The lowest BCUT2D eigenvalue weighted by Gasteiger charge is -2.09. The van der Waals surface area contributed by atoms with E-state index in [2.05, 4.69) is 29.2 Å². The molecule has 0 fully saturated rings. The second-order valence-electron chi connectivity index (χ2n) is 5.01. The molecule has 4 nitrogen and oxygen atoms in total. The highest BCUT2D eigenvalue weighted by Gasteiger charge is 2.05. The third kappa shape index (κ3) is 8.24. The zero-order valence-electron chi connectivity index (χ0n) is 12.4. The Morgan fingerprint density at radius 2 is 1.90 bits per heavy atom. The van der Waals surface area contributed by atoms with Crippen LogP contribution < -0.4 is 15.4 Å². The van der Waals surface area contributed by atoms with E-state index in [9.17, 15) is 13.6 Å². The van der Waals surface area contributed by atoms with E-state index in [4.69, 9.17) is 0 Å². The maximum Gasteiger partial charge on any atom is 0.387 e. The number of carbonyl (C=O) groups is 1. The molecule has 1 aromatic carbocycles. The van der Waals surface area contributed by atoms with Crippen molar-refractivity contribution in [2.45, 2.75) is 45.9 Å². The van der Waals surface area contributed by atoms with Gasteiger partial charge in [0.05, 0.1) is 0 Å². The lowest BCUT2D eigenvalue weighted by atomic mass is 10.2. The molecular formula is C15H22F2N2O2. The Kier molecular flexibility index (Phi) is 7.68. The number of nitrogens with one attached hydrogen (secondary N) is 2. The molecule has 0 aliphatic rings. The van der Waals surface area contributed by atoms with Crippen molar-refractivity contribution in [1.29, 1.82) is 0 Å². The summed E-state index contributed by atoms with van der Waals surface area (Å²) in [4.78, 5) is 11.6. The van der Waals surface area contributed by atoms with Crippen molar-refractivity contribution in [3.05, 3.63) is 29.8 Å². The second-order valence-corrected chi connectivity index (χ2v) is 5.01. The molecule has 0 saturated heterocycles. The van der Waals surface area contributed by atoms with Crippen LogP contribution in [0.25, 0.3) is 0 Å². The summed E-state index contributed by atoms with van der Waals surface area (Å²) < 4.78 is 28.2. The first-order chi connectivity index (χ1) is 9.97. The second kappa shape index (κ2) is 9.28. The van der Waals surface area contributed by atoms with Gasteiger partial charge in [0, 0.05) is 19.0 Å². The van der Waals surface area contributed by atoms with Gasteiger partial charge in [0.1, 0.15) is 5.75 Å². The maximum absolute atomic E-state index is 12.0. The van der Waals surface area contributed by atoms with Crippen molar-refractivity contribution in [2.24, 2.45) is 0 Å². The largest absolute Gasteiger partial charge is 0.435 e. The van der Waals surface area contributed by atoms with Gasteiger partial charge in [0.15, 0.2) is 0 Å². The summed E-state index contributed by atoms with van der Waals surface area (Å²) in [6.45, 7) is 2.48. The number of halogens is 2. The number of alkyl halides is 2. The SMILES string of the molecule is CC(C)NCCCC(=O)NCc1ccc(OC(F)F)cc1. The van der Waals surface area contributed by atoms with Crippen LogP contribution in [0.3, 0.4) is 0 Å². The van der Waals surface area contributed by atoms with Gasteiger partial charge in [-0.3, -0.25) is 4.79 Å². The van der Waals surface area contributed by atoms with Crippen LogP contribution in [0, 0.1) is 0 Å². The minimum absolute atomic E-state index is 0.0199. The quantitative estimate of drug-likeness (QED) is 0.689. The van der Waals surface area contributed by atoms with E-state index >= 15 is 0 Å². The molecule has 1 rings (SSSR count). The Hall–Kier alpha value is -1.69. The van der Waals surface area contributed by atoms with E-state index in [1.54, 1.807) is 12.1 Å². The number of hydrogen-bond donors (Lipinski definition) is 2. The Bertz CT molecular complexity index is 422. The first kappa shape index (κ1) is 17.4. The first-order valence-corrected chi connectivity index (χ1v) is 7.01. The molecule has 0 aliphatic carbocycles. The zero-order chi connectivity index (χ0) is 15.7. The third-order valence-electron chi connectivity index (χ3n) is 2.77. The summed E-state index contributed by atoms with van der Waals surface area (Å²) >= 11 is 0. The Morgan fingerprint density at radius 1 is 1.24 bits per heavy atom. The number of rotatable bonds is 9. The lowest BCUT2D eigenvalue weighted by Crippen LogP contribution is -2.27. The Labute approximate surface area is 123 Å². The molecule has 0 heterocycles. The van der Waals surface area contributed by atoms with Gasteiger partial charge < -0.3 is 15.4 Å². The van der Waals surface area contributed by atoms with Crippen LogP contribution in [0.2, 0.25) is 0 Å². The number of amides is 1. The van der Waals surface area contributed by atoms with Crippen molar-refractivity contribution >= 4 is 5.91 Å². The minimum Gasteiger partial charge on any atom is -0.435 e. The summed E-state index contributed by atoms with van der Waals surface area (Å²) in [7, 11) is 0. The Morgan fingerprint density at radius 3 is 2.48 bits per heavy atom. The van der Waals surface area contributed by atoms with Gasteiger partial charge in [-0.1, -0.05) is 26.0 Å². The van der Waals surface area contributed by atoms with Crippen molar-refractivity contribution in [3.8, 4) is 5.75 Å². The van der Waals surface area contributed by atoms with Crippen LogP contribution in [0.15, 0.2) is 24.3 Å². The van der Waals surface area contributed by atoms with Gasteiger partial charge in [-0.15, -0.1) is 0 Å². The first-order valence-electron chi connectivity index (χ1n) is 7.01. The van der Waals surface area contributed by atoms with Crippen LogP contribution in [0.4, 0.5) is 8.78 Å². The van der Waals surface area contributed by atoms with E-state index in [-0.39, 0.29) is 11.7 Å². The normalized spacial score (nSPS) is 11.0. The van der Waals surface area contributed by atoms with Gasteiger partial charge in [-0.05, 0) is 30.7 Å².